The van der Waals surface area contributed by atoms with E-state index in [9.17, 15) is 0 Å². The Balaban J connectivity index is 1.91. The summed E-state index contributed by atoms with van der Waals surface area (Å²) in [4.78, 5) is 0. The molecule has 0 aliphatic heterocycles. The molecule has 1 atom stereocenters. The normalized spacial score (nSPS) is 16.0. The predicted octanol–water partition coefficient (Wildman–Crippen LogP) is 6.64. The average molecular weight is 324 g/mol. The summed E-state index contributed by atoms with van der Waals surface area (Å²) >= 11 is 0. The van der Waals surface area contributed by atoms with Crippen LogP contribution in [0.1, 0.15) is 52.1 Å². The van der Waals surface area contributed by atoms with E-state index in [0.29, 0.717) is 11.8 Å². The van der Waals surface area contributed by atoms with Gasteiger partial charge in [-0.25, -0.2) is 0 Å². The van der Waals surface area contributed by atoms with Gasteiger partial charge in [0.15, 0.2) is 0 Å². The largest absolute Gasteiger partial charge is 0.0642 e. The van der Waals surface area contributed by atoms with Crippen molar-refractivity contribution in [2.45, 2.75) is 32.6 Å². The molecule has 0 radical (unpaired) electrons. The maximum absolute atomic E-state index is 2.36. The molecule has 0 fully saturated rings. The van der Waals surface area contributed by atoms with Gasteiger partial charge in [0.25, 0.3) is 0 Å². The molecule has 0 aromatic heterocycles. The molecular weight excluding hydrogens is 300 g/mol. The Bertz CT molecular complexity index is 900. The van der Waals surface area contributed by atoms with Crippen molar-refractivity contribution < 1.29 is 0 Å². The van der Waals surface area contributed by atoms with Crippen LogP contribution >= 0.6 is 0 Å². The summed E-state index contributed by atoms with van der Waals surface area (Å²) in [6.45, 7) is 6.65. The zero-order valence-electron chi connectivity index (χ0n) is 15.2. The van der Waals surface area contributed by atoms with Gasteiger partial charge in [0.05, 0.1) is 0 Å². The van der Waals surface area contributed by atoms with E-state index in [2.05, 4.69) is 99.6 Å². The highest BCUT2D eigenvalue weighted by atomic mass is 14.3. The van der Waals surface area contributed by atoms with Crippen LogP contribution in [0.2, 0.25) is 0 Å². The SMILES string of the molecule is CC1=Cc2ccccc2C1C(c1cccc(C)c1)c1cccc(C)c1. The van der Waals surface area contributed by atoms with Gasteiger partial charge >= 0.3 is 0 Å². The quantitative estimate of drug-likeness (QED) is 0.507. The summed E-state index contributed by atoms with van der Waals surface area (Å²) in [6.07, 6.45) is 2.36. The highest BCUT2D eigenvalue weighted by Crippen LogP contribution is 2.48. The Morgan fingerprint density at radius 2 is 1.28 bits per heavy atom. The summed E-state index contributed by atoms with van der Waals surface area (Å²) in [7, 11) is 0. The standard InChI is InChI=1S/C25H24/c1-17-8-6-11-21(14-17)25(22-12-7-9-18(2)15-22)24-19(3)16-20-10-4-5-13-23(20)24/h4-16,24-25H,1-3H3. The third-order valence-electron chi connectivity index (χ3n) is 5.34. The first kappa shape index (κ1) is 15.9. The van der Waals surface area contributed by atoms with Crippen LogP contribution in [0.25, 0.3) is 6.08 Å². The Hall–Kier alpha value is -2.60. The van der Waals surface area contributed by atoms with Gasteiger partial charge in [-0.15, -0.1) is 0 Å². The lowest BCUT2D eigenvalue weighted by molar-refractivity contribution is 0.692. The minimum atomic E-state index is 0.347. The van der Waals surface area contributed by atoms with E-state index in [1.54, 1.807) is 0 Å². The number of hydrogen-bond acceptors (Lipinski definition) is 0. The highest BCUT2D eigenvalue weighted by Gasteiger charge is 2.32. The molecule has 25 heavy (non-hydrogen) atoms. The van der Waals surface area contributed by atoms with Crippen LogP contribution in [0, 0.1) is 13.8 Å². The van der Waals surface area contributed by atoms with Crippen LogP contribution in [-0.4, -0.2) is 0 Å². The summed E-state index contributed by atoms with van der Waals surface area (Å²) in [5.74, 6) is 0.750. The zero-order valence-corrected chi connectivity index (χ0v) is 15.2. The second-order valence-electron chi connectivity index (χ2n) is 7.30. The number of benzene rings is 3. The predicted molar refractivity (Wildman–Crippen MR) is 107 cm³/mol. The molecule has 4 rings (SSSR count). The van der Waals surface area contributed by atoms with Crippen molar-refractivity contribution in [1.82, 2.24) is 0 Å². The second kappa shape index (κ2) is 6.37. The zero-order chi connectivity index (χ0) is 17.4. The van der Waals surface area contributed by atoms with Crippen molar-refractivity contribution >= 4 is 6.08 Å². The molecule has 0 heteroatoms. The third-order valence-corrected chi connectivity index (χ3v) is 5.34. The molecule has 3 aromatic carbocycles. The van der Waals surface area contributed by atoms with E-state index >= 15 is 0 Å². The fraction of sp³-hybridized carbons (Fsp3) is 0.200. The van der Waals surface area contributed by atoms with E-state index in [4.69, 9.17) is 0 Å². The van der Waals surface area contributed by atoms with Gasteiger partial charge in [0.1, 0.15) is 0 Å². The Labute approximate surface area is 150 Å². The minimum absolute atomic E-state index is 0.347. The topological polar surface area (TPSA) is 0 Å². The lowest BCUT2D eigenvalue weighted by Gasteiger charge is -2.28. The van der Waals surface area contributed by atoms with Gasteiger partial charge in [-0.2, -0.15) is 0 Å². The van der Waals surface area contributed by atoms with Crippen molar-refractivity contribution in [2.75, 3.05) is 0 Å². The van der Waals surface area contributed by atoms with Crippen LogP contribution < -0.4 is 0 Å². The van der Waals surface area contributed by atoms with Crippen LogP contribution in [0.3, 0.4) is 0 Å². The molecule has 0 saturated carbocycles. The molecule has 0 spiro atoms. The first-order valence-electron chi connectivity index (χ1n) is 9.04. The van der Waals surface area contributed by atoms with Gasteiger partial charge in [0.2, 0.25) is 0 Å². The molecule has 0 amide bonds. The maximum Gasteiger partial charge on any atom is 0.0196 e. The molecule has 0 N–H and O–H groups in total. The number of allylic oxidation sites excluding steroid dienone is 1. The lowest BCUT2D eigenvalue weighted by atomic mass is 9.75. The van der Waals surface area contributed by atoms with Crippen LogP contribution in [0.15, 0.2) is 78.4 Å². The van der Waals surface area contributed by atoms with Gasteiger partial charge in [0, 0.05) is 11.8 Å². The van der Waals surface area contributed by atoms with E-state index in [1.165, 1.54) is 39.0 Å². The summed E-state index contributed by atoms with van der Waals surface area (Å²) in [6, 6.07) is 26.9. The van der Waals surface area contributed by atoms with Crippen molar-refractivity contribution in [2.24, 2.45) is 0 Å². The monoisotopic (exact) mass is 324 g/mol. The van der Waals surface area contributed by atoms with Gasteiger partial charge in [-0.05, 0) is 43.0 Å². The van der Waals surface area contributed by atoms with E-state index in [-0.39, 0.29) is 0 Å². The molecule has 0 heterocycles. The summed E-state index contributed by atoms with van der Waals surface area (Å²) < 4.78 is 0. The van der Waals surface area contributed by atoms with E-state index in [1.807, 2.05) is 0 Å². The average Bonchev–Trinajstić information content (AvgIpc) is 2.92. The fourth-order valence-electron chi connectivity index (χ4n) is 4.25. The molecule has 124 valence electrons. The van der Waals surface area contributed by atoms with Gasteiger partial charge in [-0.3, -0.25) is 0 Å². The van der Waals surface area contributed by atoms with E-state index in [0.717, 1.165) is 0 Å². The highest BCUT2D eigenvalue weighted by molar-refractivity contribution is 5.68. The molecule has 1 aliphatic carbocycles. The molecule has 0 saturated heterocycles. The van der Waals surface area contributed by atoms with Crippen LogP contribution in [0.5, 0.6) is 0 Å². The molecule has 0 nitrogen and oxygen atoms in total. The van der Waals surface area contributed by atoms with E-state index < -0.39 is 0 Å². The first-order chi connectivity index (χ1) is 12.1. The molecule has 1 aliphatic rings. The summed E-state index contributed by atoms with van der Waals surface area (Å²) in [5.41, 5.74) is 9.73. The number of fused-ring (bicyclic) bond motifs is 1. The third kappa shape index (κ3) is 2.93. The minimum Gasteiger partial charge on any atom is -0.0642 e. The van der Waals surface area contributed by atoms with Crippen molar-refractivity contribution in [3.05, 3.63) is 112 Å². The first-order valence-corrected chi connectivity index (χ1v) is 9.04. The number of hydrogen-bond donors (Lipinski definition) is 0. The maximum atomic E-state index is 2.36. The molecule has 3 aromatic rings. The van der Waals surface area contributed by atoms with Gasteiger partial charge in [-0.1, -0.05) is 95.6 Å². The number of rotatable bonds is 3. The molecular formula is C25H24. The van der Waals surface area contributed by atoms with Crippen molar-refractivity contribution in [3.63, 3.8) is 0 Å². The van der Waals surface area contributed by atoms with Crippen LogP contribution in [0.4, 0.5) is 0 Å². The molecule has 0 bridgehead atoms. The Morgan fingerprint density at radius 3 is 1.88 bits per heavy atom. The fourth-order valence-corrected chi connectivity index (χ4v) is 4.25. The van der Waals surface area contributed by atoms with Crippen LogP contribution in [-0.2, 0) is 0 Å². The second-order valence-corrected chi connectivity index (χ2v) is 7.30. The molecule has 1 unspecified atom stereocenters. The lowest BCUT2D eigenvalue weighted by Crippen LogP contribution is -2.13. The smallest absolute Gasteiger partial charge is 0.0196 e. The van der Waals surface area contributed by atoms with Crippen molar-refractivity contribution in [1.29, 1.82) is 0 Å². The Kier molecular flexibility index (Phi) is 4.05. The Morgan fingerprint density at radius 1 is 0.680 bits per heavy atom. The van der Waals surface area contributed by atoms with Crippen molar-refractivity contribution in [3.8, 4) is 0 Å². The van der Waals surface area contributed by atoms with Gasteiger partial charge < -0.3 is 0 Å². The number of aryl methyl sites for hydroxylation is 2. The summed E-state index contributed by atoms with van der Waals surface area (Å²) in [5, 5.41) is 0.